The molecule has 16 heavy (non-hydrogen) atoms. The summed E-state index contributed by atoms with van der Waals surface area (Å²) in [6.07, 6.45) is 2.90. The van der Waals surface area contributed by atoms with Crippen LogP contribution in [0, 0.1) is 0 Å². The Balaban J connectivity index is 2.59. The van der Waals surface area contributed by atoms with E-state index in [0.29, 0.717) is 5.69 Å². The molecule has 0 unspecified atom stereocenters. The van der Waals surface area contributed by atoms with Crippen LogP contribution in [-0.2, 0) is 0 Å². The van der Waals surface area contributed by atoms with E-state index >= 15 is 0 Å². The number of hydrogen-bond donors (Lipinski definition) is 1. The van der Waals surface area contributed by atoms with Gasteiger partial charge < -0.3 is 5.11 Å². The third kappa shape index (κ3) is 1.72. The molecular formula is C12H10N2O2. The number of aromatic nitrogens is 2. The Kier molecular flexibility index (Phi) is 2.55. The second kappa shape index (κ2) is 4.02. The maximum atomic E-state index is 11.0. The van der Waals surface area contributed by atoms with Crippen LogP contribution in [0.1, 0.15) is 10.4 Å². The van der Waals surface area contributed by atoms with Gasteiger partial charge in [-0.3, -0.25) is 0 Å². The lowest BCUT2D eigenvalue weighted by Crippen LogP contribution is -1.96. The van der Waals surface area contributed by atoms with E-state index in [9.17, 15) is 4.79 Å². The first kappa shape index (κ1) is 10.2. The molecule has 0 radical (unpaired) electrons. The van der Waals surface area contributed by atoms with Gasteiger partial charge in [0.15, 0.2) is 0 Å². The average Bonchev–Trinajstić information content (AvgIpc) is 2.74. The van der Waals surface area contributed by atoms with Gasteiger partial charge in [-0.2, -0.15) is 5.10 Å². The lowest BCUT2D eigenvalue weighted by molar-refractivity contribution is 0.0697. The smallest absolute Gasteiger partial charge is 0.339 e. The van der Waals surface area contributed by atoms with Gasteiger partial charge in [0.25, 0.3) is 0 Å². The molecule has 0 aliphatic heterocycles. The molecule has 1 aromatic heterocycles. The quantitative estimate of drug-likeness (QED) is 0.853. The molecule has 4 nitrogen and oxygen atoms in total. The fraction of sp³-hybridized carbons (Fsp3) is 0. The van der Waals surface area contributed by atoms with Gasteiger partial charge in [0, 0.05) is 18.0 Å². The van der Waals surface area contributed by atoms with Crippen molar-refractivity contribution in [2.75, 3.05) is 0 Å². The lowest BCUT2D eigenvalue weighted by atomic mass is 10.1. The minimum Gasteiger partial charge on any atom is -0.478 e. The van der Waals surface area contributed by atoms with Crippen molar-refractivity contribution in [1.82, 2.24) is 9.78 Å². The molecule has 2 rings (SSSR count). The third-order valence-corrected chi connectivity index (χ3v) is 2.20. The van der Waals surface area contributed by atoms with Crippen molar-refractivity contribution in [2.45, 2.75) is 0 Å². The minimum atomic E-state index is -0.994. The van der Waals surface area contributed by atoms with Crippen LogP contribution in [0.4, 0.5) is 0 Å². The highest BCUT2D eigenvalue weighted by atomic mass is 16.4. The highest BCUT2D eigenvalue weighted by Gasteiger charge is 2.15. The first-order valence-corrected chi connectivity index (χ1v) is 4.73. The number of benzene rings is 1. The summed E-state index contributed by atoms with van der Waals surface area (Å²) in [4.78, 5) is 11.0. The summed E-state index contributed by atoms with van der Waals surface area (Å²) in [7, 11) is 0. The van der Waals surface area contributed by atoms with Crippen LogP contribution < -0.4 is 0 Å². The van der Waals surface area contributed by atoms with Crippen molar-refractivity contribution in [3.63, 3.8) is 0 Å². The van der Waals surface area contributed by atoms with Crippen molar-refractivity contribution in [3.05, 3.63) is 48.7 Å². The molecule has 80 valence electrons. The van der Waals surface area contributed by atoms with E-state index in [-0.39, 0.29) is 5.56 Å². The molecule has 1 heterocycles. The van der Waals surface area contributed by atoms with Gasteiger partial charge in [0.1, 0.15) is 11.3 Å². The summed E-state index contributed by atoms with van der Waals surface area (Å²) in [5, 5.41) is 13.2. The van der Waals surface area contributed by atoms with Gasteiger partial charge in [0.2, 0.25) is 0 Å². The summed E-state index contributed by atoms with van der Waals surface area (Å²) in [6, 6.07) is 9.20. The van der Waals surface area contributed by atoms with Gasteiger partial charge in [-0.05, 0) is 0 Å². The van der Waals surface area contributed by atoms with Crippen LogP contribution in [0.15, 0.2) is 43.1 Å². The number of aromatic carboxylic acids is 1. The summed E-state index contributed by atoms with van der Waals surface area (Å²) in [6.45, 7) is 3.55. The van der Waals surface area contributed by atoms with Gasteiger partial charge in [-0.25, -0.2) is 9.48 Å². The molecule has 0 saturated carbocycles. The largest absolute Gasteiger partial charge is 0.478 e. The lowest BCUT2D eigenvalue weighted by Gasteiger charge is -1.97. The molecule has 0 atom stereocenters. The molecule has 0 amide bonds. The Morgan fingerprint density at radius 2 is 2.06 bits per heavy atom. The zero-order valence-corrected chi connectivity index (χ0v) is 8.50. The Morgan fingerprint density at radius 3 is 2.62 bits per heavy atom. The first-order chi connectivity index (χ1) is 7.72. The van der Waals surface area contributed by atoms with Crippen molar-refractivity contribution in [3.8, 4) is 11.3 Å². The van der Waals surface area contributed by atoms with E-state index < -0.39 is 5.97 Å². The maximum Gasteiger partial charge on any atom is 0.339 e. The zero-order valence-electron chi connectivity index (χ0n) is 8.50. The summed E-state index contributed by atoms with van der Waals surface area (Å²) in [5.74, 6) is -0.994. The van der Waals surface area contributed by atoms with Gasteiger partial charge >= 0.3 is 5.97 Å². The van der Waals surface area contributed by atoms with E-state index in [0.717, 1.165) is 5.56 Å². The van der Waals surface area contributed by atoms with Gasteiger partial charge in [-0.1, -0.05) is 36.9 Å². The molecule has 0 fully saturated rings. The zero-order chi connectivity index (χ0) is 11.5. The van der Waals surface area contributed by atoms with Gasteiger partial charge in [-0.15, -0.1) is 0 Å². The van der Waals surface area contributed by atoms with Crippen LogP contribution >= 0.6 is 0 Å². The highest BCUT2D eigenvalue weighted by Crippen LogP contribution is 2.21. The number of carboxylic acid groups (broad SMARTS) is 1. The predicted octanol–water partition coefficient (Wildman–Crippen LogP) is 2.35. The molecular weight excluding hydrogens is 204 g/mol. The van der Waals surface area contributed by atoms with E-state index in [1.807, 2.05) is 30.3 Å². The van der Waals surface area contributed by atoms with Crippen LogP contribution in [0.2, 0.25) is 0 Å². The molecule has 0 aliphatic rings. The van der Waals surface area contributed by atoms with Crippen LogP contribution in [0.3, 0.4) is 0 Å². The average molecular weight is 214 g/mol. The summed E-state index contributed by atoms with van der Waals surface area (Å²) < 4.78 is 1.39. The van der Waals surface area contributed by atoms with Crippen molar-refractivity contribution < 1.29 is 9.90 Å². The van der Waals surface area contributed by atoms with E-state index in [1.54, 1.807) is 0 Å². The number of nitrogens with zero attached hydrogens (tertiary/aromatic N) is 2. The SMILES string of the molecule is C=Cn1cc(C(=O)O)c(-c2ccccc2)n1. The maximum absolute atomic E-state index is 11.0. The van der Waals surface area contributed by atoms with Crippen molar-refractivity contribution in [2.24, 2.45) is 0 Å². The van der Waals surface area contributed by atoms with Crippen LogP contribution in [0.25, 0.3) is 17.5 Å². The topological polar surface area (TPSA) is 55.1 Å². The third-order valence-electron chi connectivity index (χ3n) is 2.20. The molecule has 2 aromatic rings. The molecule has 0 bridgehead atoms. The summed E-state index contributed by atoms with van der Waals surface area (Å²) >= 11 is 0. The molecule has 0 aliphatic carbocycles. The Bertz CT molecular complexity index is 529. The number of carboxylic acids is 1. The highest BCUT2D eigenvalue weighted by molar-refractivity contribution is 5.94. The van der Waals surface area contributed by atoms with Crippen LogP contribution in [0.5, 0.6) is 0 Å². The molecule has 1 aromatic carbocycles. The fourth-order valence-corrected chi connectivity index (χ4v) is 1.45. The van der Waals surface area contributed by atoms with E-state index in [4.69, 9.17) is 5.11 Å². The molecule has 0 saturated heterocycles. The number of rotatable bonds is 3. The second-order valence-electron chi connectivity index (χ2n) is 3.23. The van der Waals surface area contributed by atoms with E-state index in [1.165, 1.54) is 17.1 Å². The number of carbonyl (C=O) groups is 1. The first-order valence-electron chi connectivity index (χ1n) is 4.73. The standard InChI is InChI=1S/C12H10N2O2/c1-2-14-8-10(12(15)16)11(13-14)9-6-4-3-5-7-9/h2-8H,1H2,(H,15,16). The monoisotopic (exact) mass is 214 g/mol. The second-order valence-corrected chi connectivity index (χ2v) is 3.23. The van der Waals surface area contributed by atoms with E-state index in [2.05, 4.69) is 11.7 Å². The van der Waals surface area contributed by atoms with Crippen LogP contribution in [-0.4, -0.2) is 20.9 Å². The number of hydrogen-bond acceptors (Lipinski definition) is 2. The van der Waals surface area contributed by atoms with Crippen molar-refractivity contribution >= 4 is 12.2 Å². The fourth-order valence-electron chi connectivity index (χ4n) is 1.45. The molecule has 4 heteroatoms. The van der Waals surface area contributed by atoms with Crippen molar-refractivity contribution in [1.29, 1.82) is 0 Å². The molecule has 0 spiro atoms. The Hall–Kier alpha value is -2.36. The summed E-state index contributed by atoms with van der Waals surface area (Å²) in [5.41, 5.74) is 1.40. The normalized spacial score (nSPS) is 10.0. The minimum absolute atomic E-state index is 0.172. The predicted molar refractivity (Wildman–Crippen MR) is 61.0 cm³/mol. The molecule has 1 N–H and O–H groups in total. The Morgan fingerprint density at radius 1 is 1.38 bits per heavy atom. The van der Waals surface area contributed by atoms with Gasteiger partial charge in [0.05, 0.1) is 0 Å². The Labute approximate surface area is 92.5 Å².